The molecule has 3 aromatic rings. The van der Waals surface area contributed by atoms with Gasteiger partial charge in [-0.15, -0.1) is 0 Å². The van der Waals surface area contributed by atoms with Gasteiger partial charge in [0.25, 0.3) is 0 Å². The summed E-state index contributed by atoms with van der Waals surface area (Å²) in [6.07, 6.45) is -0.292. The fraction of sp³-hybridized carbons (Fsp3) is 0.118. The lowest BCUT2D eigenvalue weighted by molar-refractivity contribution is -0.136. The Kier molecular flexibility index (Phi) is 3.73. The number of ether oxygens (including phenoxy) is 1. The highest BCUT2D eigenvalue weighted by molar-refractivity contribution is 5.94. The smallest absolute Gasteiger partial charge is 0.307 e. The van der Waals surface area contributed by atoms with Crippen molar-refractivity contribution in [3.63, 3.8) is 0 Å². The Morgan fingerprint density at radius 1 is 1.22 bits per heavy atom. The van der Waals surface area contributed by atoms with Gasteiger partial charge in [0.1, 0.15) is 17.4 Å². The van der Waals surface area contributed by atoms with Crippen molar-refractivity contribution in [1.29, 1.82) is 0 Å². The van der Waals surface area contributed by atoms with E-state index in [2.05, 4.69) is 4.98 Å². The molecule has 0 radical (unpaired) electrons. The SMILES string of the molecule is COc1ccc2[nH]c(-c3ccc(F)cc3F)c(CC(=O)O)c2c1. The van der Waals surface area contributed by atoms with E-state index in [0.717, 1.165) is 12.1 Å². The number of aromatic nitrogens is 1. The number of hydrogen-bond donors (Lipinski definition) is 2. The predicted molar refractivity (Wildman–Crippen MR) is 81.5 cm³/mol. The molecule has 0 atom stereocenters. The van der Waals surface area contributed by atoms with Crippen molar-refractivity contribution >= 4 is 16.9 Å². The fourth-order valence-electron chi connectivity index (χ4n) is 2.61. The van der Waals surface area contributed by atoms with Gasteiger partial charge >= 0.3 is 5.97 Å². The first-order valence-corrected chi connectivity index (χ1v) is 6.85. The number of methoxy groups -OCH3 is 1. The van der Waals surface area contributed by atoms with Crippen LogP contribution in [0.2, 0.25) is 0 Å². The second kappa shape index (κ2) is 5.72. The largest absolute Gasteiger partial charge is 0.497 e. The monoisotopic (exact) mass is 317 g/mol. The molecular weight excluding hydrogens is 304 g/mol. The topological polar surface area (TPSA) is 62.3 Å². The van der Waals surface area contributed by atoms with Gasteiger partial charge in [0.2, 0.25) is 0 Å². The normalized spacial score (nSPS) is 10.9. The maximum Gasteiger partial charge on any atom is 0.307 e. The number of fused-ring (bicyclic) bond motifs is 1. The van der Waals surface area contributed by atoms with Crippen LogP contribution in [0.3, 0.4) is 0 Å². The van der Waals surface area contributed by atoms with Crippen molar-refractivity contribution < 1.29 is 23.4 Å². The Hall–Kier alpha value is -2.89. The summed E-state index contributed by atoms with van der Waals surface area (Å²) in [5.41, 5.74) is 1.53. The highest BCUT2D eigenvalue weighted by Gasteiger charge is 2.19. The third kappa shape index (κ3) is 2.75. The zero-order chi connectivity index (χ0) is 16.6. The van der Waals surface area contributed by atoms with Crippen molar-refractivity contribution in [2.45, 2.75) is 6.42 Å². The number of benzene rings is 2. The molecule has 118 valence electrons. The Balaban J connectivity index is 2.28. The van der Waals surface area contributed by atoms with Crippen LogP contribution in [0.1, 0.15) is 5.56 Å². The van der Waals surface area contributed by atoms with Gasteiger partial charge in [-0.25, -0.2) is 8.78 Å². The number of aliphatic carboxylic acids is 1. The molecule has 6 heteroatoms. The Labute approximate surface area is 130 Å². The number of H-pyrrole nitrogens is 1. The van der Waals surface area contributed by atoms with Crippen LogP contribution in [0.4, 0.5) is 8.78 Å². The number of hydrogen-bond acceptors (Lipinski definition) is 2. The van der Waals surface area contributed by atoms with Gasteiger partial charge in [-0.05, 0) is 35.9 Å². The van der Waals surface area contributed by atoms with Crippen LogP contribution in [0.5, 0.6) is 5.75 Å². The van der Waals surface area contributed by atoms with Gasteiger partial charge in [-0.2, -0.15) is 0 Å². The van der Waals surface area contributed by atoms with Crippen LogP contribution >= 0.6 is 0 Å². The van der Waals surface area contributed by atoms with E-state index in [-0.39, 0.29) is 12.0 Å². The second-order valence-corrected chi connectivity index (χ2v) is 5.08. The second-order valence-electron chi connectivity index (χ2n) is 5.08. The standard InChI is InChI=1S/C17H13F2NO3/c1-23-10-3-5-15-12(7-10)13(8-16(21)22)17(20-15)11-4-2-9(18)6-14(11)19/h2-7,20H,8H2,1H3,(H,21,22). The van der Waals surface area contributed by atoms with Gasteiger partial charge in [-0.3, -0.25) is 4.79 Å². The minimum absolute atomic E-state index is 0.123. The Morgan fingerprint density at radius 2 is 2.00 bits per heavy atom. The molecule has 3 rings (SSSR count). The lowest BCUT2D eigenvalue weighted by Gasteiger charge is -2.05. The summed E-state index contributed by atoms with van der Waals surface area (Å²) in [4.78, 5) is 14.2. The van der Waals surface area contributed by atoms with E-state index in [4.69, 9.17) is 9.84 Å². The van der Waals surface area contributed by atoms with Gasteiger partial charge in [-0.1, -0.05) is 0 Å². The van der Waals surface area contributed by atoms with Crippen LogP contribution in [-0.4, -0.2) is 23.2 Å². The van der Waals surface area contributed by atoms with Crippen molar-refractivity contribution in [2.75, 3.05) is 7.11 Å². The first kappa shape index (κ1) is 15.0. The number of carboxylic acids is 1. The Morgan fingerprint density at radius 3 is 2.65 bits per heavy atom. The van der Waals surface area contributed by atoms with E-state index in [1.807, 2.05) is 0 Å². The third-order valence-corrected chi connectivity index (χ3v) is 3.64. The Bertz CT molecular complexity index is 902. The summed E-state index contributed by atoms with van der Waals surface area (Å²) in [6.45, 7) is 0. The molecule has 2 aromatic carbocycles. The highest BCUT2D eigenvalue weighted by Crippen LogP contribution is 2.34. The molecular formula is C17H13F2NO3. The first-order valence-electron chi connectivity index (χ1n) is 6.85. The molecule has 0 saturated heterocycles. The van der Waals surface area contributed by atoms with Gasteiger partial charge in [0.15, 0.2) is 0 Å². The summed E-state index contributed by atoms with van der Waals surface area (Å²) in [7, 11) is 1.51. The van der Waals surface area contributed by atoms with E-state index in [0.29, 0.717) is 27.9 Å². The zero-order valence-corrected chi connectivity index (χ0v) is 12.2. The van der Waals surface area contributed by atoms with Crippen LogP contribution in [-0.2, 0) is 11.2 Å². The average molecular weight is 317 g/mol. The van der Waals surface area contributed by atoms with Gasteiger partial charge in [0.05, 0.1) is 19.2 Å². The summed E-state index contributed by atoms with van der Waals surface area (Å²) < 4.78 is 32.4. The predicted octanol–water partition coefficient (Wildman–Crippen LogP) is 3.75. The van der Waals surface area contributed by atoms with E-state index in [1.54, 1.807) is 18.2 Å². The highest BCUT2D eigenvalue weighted by atomic mass is 19.1. The maximum atomic E-state index is 14.1. The molecule has 0 spiro atoms. The number of nitrogens with one attached hydrogen (secondary N) is 1. The molecule has 0 bridgehead atoms. The third-order valence-electron chi connectivity index (χ3n) is 3.64. The summed E-state index contributed by atoms with van der Waals surface area (Å²) in [6, 6.07) is 8.33. The lowest BCUT2D eigenvalue weighted by Crippen LogP contribution is -2.01. The van der Waals surface area contributed by atoms with Crippen LogP contribution in [0.15, 0.2) is 36.4 Å². The van der Waals surface area contributed by atoms with E-state index in [1.165, 1.54) is 13.2 Å². The molecule has 0 aliphatic rings. The molecule has 1 heterocycles. The fourth-order valence-corrected chi connectivity index (χ4v) is 2.61. The molecule has 0 amide bonds. The number of halogens is 2. The molecule has 23 heavy (non-hydrogen) atoms. The minimum atomic E-state index is -1.04. The van der Waals surface area contributed by atoms with Gasteiger partial charge in [0, 0.05) is 22.5 Å². The summed E-state index contributed by atoms with van der Waals surface area (Å²) >= 11 is 0. The van der Waals surface area contributed by atoms with Crippen molar-refractivity contribution in [3.05, 3.63) is 53.6 Å². The lowest BCUT2D eigenvalue weighted by atomic mass is 10.0. The van der Waals surface area contributed by atoms with Crippen molar-refractivity contribution in [1.82, 2.24) is 4.98 Å². The number of carbonyl (C=O) groups is 1. The molecule has 0 aliphatic heterocycles. The van der Waals surface area contributed by atoms with Crippen LogP contribution < -0.4 is 4.74 Å². The molecule has 0 saturated carbocycles. The van der Waals surface area contributed by atoms with Crippen LogP contribution in [0.25, 0.3) is 22.2 Å². The molecule has 1 aromatic heterocycles. The van der Waals surface area contributed by atoms with Crippen LogP contribution in [0, 0.1) is 11.6 Å². The number of aromatic amines is 1. The molecule has 0 unspecified atom stereocenters. The summed E-state index contributed by atoms with van der Waals surface area (Å²) in [5, 5.41) is 9.79. The quantitative estimate of drug-likeness (QED) is 0.770. The molecule has 2 N–H and O–H groups in total. The van der Waals surface area contributed by atoms with E-state index < -0.39 is 17.6 Å². The van der Waals surface area contributed by atoms with Gasteiger partial charge < -0.3 is 14.8 Å². The molecule has 0 aliphatic carbocycles. The minimum Gasteiger partial charge on any atom is -0.497 e. The number of carboxylic acid groups (broad SMARTS) is 1. The zero-order valence-electron chi connectivity index (χ0n) is 12.2. The molecule has 4 nitrogen and oxygen atoms in total. The van der Waals surface area contributed by atoms with Crippen molar-refractivity contribution in [3.8, 4) is 17.0 Å². The van der Waals surface area contributed by atoms with E-state index in [9.17, 15) is 13.6 Å². The first-order chi connectivity index (χ1) is 11.0. The maximum absolute atomic E-state index is 14.1. The average Bonchev–Trinajstić information content (AvgIpc) is 2.84. The molecule has 0 fully saturated rings. The summed E-state index contributed by atoms with van der Waals surface area (Å²) in [5.74, 6) is -1.93. The number of rotatable bonds is 4. The van der Waals surface area contributed by atoms with Crippen molar-refractivity contribution in [2.24, 2.45) is 0 Å². The van der Waals surface area contributed by atoms with E-state index >= 15 is 0 Å².